The Kier molecular flexibility index (Phi) is 9.89. The quantitative estimate of drug-likeness (QED) is 0.228. The summed E-state index contributed by atoms with van der Waals surface area (Å²) < 4.78 is 57.3. The molecule has 1 N–H and O–H groups in total. The third kappa shape index (κ3) is 7.47. The number of imide groups is 1. The first-order chi connectivity index (χ1) is 19.9. The number of thioether (sulfide) groups is 1. The predicted octanol–water partition coefficient (Wildman–Crippen LogP) is 7.50. The second kappa shape index (κ2) is 13.2. The maximum absolute atomic E-state index is 13.1. The Bertz CT molecular complexity index is 1560. The van der Waals surface area contributed by atoms with Crippen molar-refractivity contribution in [2.24, 2.45) is 0 Å². The Balaban J connectivity index is 1.48. The van der Waals surface area contributed by atoms with E-state index in [1.807, 2.05) is 24.3 Å². The Morgan fingerprint density at radius 1 is 1.00 bits per heavy atom. The number of carbonyl (C=O) groups excluding carboxylic acids is 3. The summed E-state index contributed by atoms with van der Waals surface area (Å²) in [4.78, 5) is 39.0. The highest BCUT2D eigenvalue weighted by Gasteiger charge is 2.37. The van der Waals surface area contributed by atoms with Crippen LogP contribution in [-0.2, 0) is 22.4 Å². The van der Waals surface area contributed by atoms with Crippen molar-refractivity contribution in [1.29, 1.82) is 0 Å². The number of halogens is 5. The molecule has 0 radical (unpaired) electrons. The van der Waals surface area contributed by atoms with Gasteiger partial charge < -0.3 is 19.5 Å². The first kappa shape index (κ1) is 31.4. The second-order valence-electron chi connectivity index (χ2n) is 8.68. The highest BCUT2D eigenvalue weighted by atomic mass is 79.9. The summed E-state index contributed by atoms with van der Waals surface area (Å²) >= 11 is 7.47. The van der Waals surface area contributed by atoms with Crippen molar-refractivity contribution in [2.75, 3.05) is 26.1 Å². The summed E-state index contributed by atoms with van der Waals surface area (Å²) in [6, 6.07) is 13.5. The smallest absolute Gasteiger partial charge is 0.416 e. The zero-order valence-electron chi connectivity index (χ0n) is 21.9. The van der Waals surface area contributed by atoms with Gasteiger partial charge in [-0.2, -0.15) is 13.2 Å². The molecule has 1 heterocycles. The zero-order valence-corrected chi connectivity index (χ0v) is 25.9. The number of nitrogens with one attached hydrogen (secondary N) is 1. The minimum absolute atomic E-state index is 0.0193. The lowest BCUT2D eigenvalue weighted by molar-refractivity contribution is -0.137. The zero-order chi connectivity index (χ0) is 30.6. The molecule has 0 saturated carbocycles. The molecule has 0 bridgehead atoms. The lowest BCUT2D eigenvalue weighted by atomic mass is 10.1. The fraction of sp³-hybridized carbons (Fsp3) is 0.179. The first-order valence-corrected chi connectivity index (χ1v) is 14.3. The number of hydrogen-bond acceptors (Lipinski definition) is 7. The van der Waals surface area contributed by atoms with Crippen LogP contribution in [0.15, 0.2) is 68.4 Å². The average Bonchev–Trinajstić information content (AvgIpc) is 3.19. The summed E-state index contributed by atoms with van der Waals surface area (Å²) in [6.07, 6.45) is -3.19. The molecule has 0 aromatic heterocycles. The molecule has 0 aliphatic carbocycles. The van der Waals surface area contributed by atoms with Crippen molar-refractivity contribution >= 4 is 72.4 Å². The lowest BCUT2D eigenvalue weighted by Crippen LogP contribution is -2.36. The fourth-order valence-electron chi connectivity index (χ4n) is 3.80. The molecule has 1 fully saturated rings. The highest BCUT2D eigenvalue weighted by molar-refractivity contribution is 9.10. The van der Waals surface area contributed by atoms with Crippen LogP contribution in [-0.4, -0.2) is 42.7 Å². The molecule has 220 valence electrons. The van der Waals surface area contributed by atoms with E-state index in [2.05, 4.69) is 37.2 Å². The Labute approximate surface area is 259 Å². The van der Waals surface area contributed by atoms with Gasteiger partial charge in [-0.3, -0.25) is 19.3 Å². The van der Waals surface area contributed by atoms with E-state index in [9.17, 15) is 27.6 Å². The highest BCUT2D eigenvalue weighted by Crippen LogP contribution is 2.40. The number of hydrogen-bond donors (Lipinski definition) is 1. The van der Waals surface area contributed by atoms with E-state index in [0.29, 0.717) is 44.3 Å². The van der Waals surface area contributed by atoms with Gasteiger partial charge in [-0.1, -0.05) is 28.1 Å². The number of alkyl halides is 3. The minimum atomic E-state index is -4.65. The number of anilines is 1. The Morgan fingerprint density at radius 3 is 2.33 bits per heavy atom. The molecule has 1 aliphatic rings. The van der Waals surface area contributed by atoms with Gasteiger partial charge in [-0.15, -0.1) is 0 Å². The van der Waals surface area contributed by atoms with Gasteiger partial charge in [0.05, 0.1) is 34.8 Å². The summed E-state index contributed by atoms with van der Waals surface area (Å²) in [5.74, 6) is -0.822. The van der Waals surface area contributed by atoms with E-state index in [4.69, 9.17) is 14.2 Å². The summed E-state index contributed by atoms with van der Waals surface area (Å²) in [6.45, 7) is -0.438. The third-order valence-corrected chi connectivity index (χ3v) is 7.85. The summed E-state index contributed by atoms with van der Waals surface area (Å²) in [5.41, 5.74) is 0.192. The number of amides is 3. The standard InChI is InChI=1S/C28H21Br2F3N2O6S/c1-39-21-8-5-17(28(31,32)33)12-20(21)34-24(36)13-35-26(37)23(42-27(35)38)11-16-9-19(30)25(22(10-16)40-2)41-14-15-3-6-18(29)7-4-15/h3-12H,13-14H2,1-2H3,(H,34,36)/b23-11-. The van der Waals surface area contributed by atoms with Crippen molar-refractivity contribution in [3.8, 4) is 17.2 Å². The molecule has 1 saturated heterocycles. The molecular formula is C28H21Br2F3N2O6S. The topological polar surface area (TPSA) is 94.2 Å². The van der Waals surface area contributed by atoms with Crippen LogP contribution < -0.4 is 19.5 Å². The number of carbonyl (C=O) groups is 3. The predicted molar refractivity (Wildman–Crippen MR) is 158 cm³/mol. The monoisotopic (exact) mass is 728 g/mol. The van der Waals surface area contributed by atoms with E-state index >= 15 is 0 Å². The van der Waals surface area contributed by atoms with Gasteiger partial charge in [0.1, 0.15) is 18.9 Å². The third-order valence-electron chi connectivity index (χ3n) is 5.82. The van der Waals surface area contributed by atoms with Crippen LogP contribution in [0.25, 0.3) is 6.08 Å². The van der Waals surface area contributed by atoms with Gasteiger partial charge in [-0.25, -0.2) is 0 Å². The molecule has 3 amide bonds. The van der Waals surface area contributed by atoms with E-state index in [1.165, 1.54) is 20.3 Å². The maximum atomic E-state index is 13.1. The van der Waals surface area contributed by atoms with Crippen LogP contribution in [0.2, 0.25) is 0 Å². The van der Waals surface area contributed by atoms with Gasteiger partial charge in [-0.05, 0) is 87.4 Å². The van der Waals surface area contributed by atoms with Crippen LogP contribution in [0, 0.1) is 0 Å². The Hall–Kier alpha value is -3.49. The normalized spacial score (nSPS) is 14.4. The molecule has 14 heteroatoms. The van der Waals surface area contributed by atoms with Crippen molar-refractivity contribution in [2.45, 2.75) is 12.8 Å². The molecule has 1 aliphatic heterocycles. The average molecular weight is 730 g/mol. The number of ether oxygens (including phenoxy) is 3. The molecule has 4 rings (SSSR count). The molecule has 0 atom stereocenters. The number of rotatable bonds is 9. The molecule has 3 aromatic rings. The van der Waals surface area contributed by atoms with E-state index in [-0.39, 0.29) is 22.9 Å². The second-order valence-corrected chi connectivity index (χ2v) is 11.4. The van der Waals surface area contributed by atoms with Crippen molar-refractivity contribution < 1.29 is 41.8 Å². The van der Waals surface area contributed by atoms with Crippen LogP contribution in [0.1, 0.15) is 16.7 Å². The van der Waals surface area contributed by atoms with Crippen LogP contribution >= 0.6 is 43.6 Å². The first-order valence-electron chi connectivity index (χ1n) is 11.9. The van der Waals surface area contributed by atoms with Crippen LogP contribution in [0.5, 0.6) is 17.2 Å². The maximum Gasteiger partial charge on any atom is 0.416 e. The van der Waals surface area contributed by atoms with Gasteiger partial charge in [0.2, 0.25) is 5.91 Å². The molecular weight excluding hydrogens is 709 g/mol. The van der Waals surface area contributed by atoms with E-state index in [1.54, 1.807) is 12.1 Å². The summed E-state index contributed by atoms with van der Waals surface area (Å²) in [7, 11) is 2.69. The van der Waals surface area contributed by atoms with E-state index in [0.717, 1.165) is 22.2 Å². The molecule has 3 aromatic carbocycles. The van der Waals surface area contributed by atoms with Crippen LogP contribution in [0.4, 0.5) is 23.7 Å². The fourth-order valence-corrected chi connectivity index (χ4v) is 5.48. The van der Waals surface area contributed by atoms with Crippen LogP contribution in [0.3, 0.4) is 0 Å². The van der Waals surface area contributed by atoms with Crippen molar-refractivity contribution in [3.63, 3.8) is 0 Å². The van der Waals surface area contributed by atoms with Crippen molar-refractivity contribution in [1.82, 2.24) is 4.90 Å². The summed E-state index contributed by atoms with van der Waals surface area (Å²) in [5, 5.41) is 1.57. The SMILES string of the molecule is COc1ccc(C(F)(F)F)cc1NC(=O)CN1C(=O)S/C(=C\c2cc(Br)c(OCc3ccc(Br)cc3)c(OC)c2)C1=O. The minimum Gasteiger partial charge on any atom is -0.495 e. The van der Waals surface area contributed by atoms with Gasteiger partial charge in [0.25, 0.3) is 11.1 Å². The molecule has 8 nitrogen and oxygen atoms in total. The van der Waals surface area contributed by atoms with Crippen molar-refractivity contribution in [3.05, 3.63) is 85.1 Å². The van der Waals surface area contributed by atoms with E-state index < -0.39 is 35.3 Å². The van der Waals surface area contributed by atoms with Gasteiger partial charge >= 0.3 is 6.18 Å². The molecule has 42 heavy (non-hydrogen) atoms. The number of nitrogens with zero attached hydrogens (tertiary/aromatic N) is 1. The van der Waals surface area contributed by atoms with Gasteiger partial charge in [0.15, 0.2) is 11.5 Å². The number of benzene rings is 3. The molecule has 0 spiro atoms. The number of methoxy groups -OCH3 is 2. The largest absolute Gasteiger partial charge is 0.495 e. The molecule has 0 unspecified atom stereocenters. The lowest BCUT2D eigenvalue weighted by Gasteiger charge is -2.16. The van der Waals surface area contributed by atoms with Gasteiger partial charge in [0, 0.05) is 4.47 Å². The Morgan fingerprint density at radius 2 is 1.69 bits per heavy atom.